The highest BCUT2D eigenvalue weighted by Crippen LogP contribution is 2.25. The highest BCUT2D eigenvalue weighted by Gasteiger charge is 2.35. The number of halogens is 2. The topological polar surface area (TPSA) is 67.2 Å². The third-order valence-corrected chi connectivity index (χ3v) is 5.75. The maximum atomic E-state index is 12.9. The maximum Gasteiger partial charge on any atom is 0.254 e. The highest BCUT2D eigenvalue weighted by molar-refractivity contribution is 9.10. The van der Waals surface area contributed by atoms with Gasteiger partial charge in [0.15, 0.2) is 0 Å². The second kappa shape index (κ2) is 7.56. The standard InChI is InChI=1S/C20H18BrClN4O2/c1-25-16-9-8-14(22)11-15(16)23-20(25)24-18(27)17-3-2-10-26(17)19(28)12-4-6-13(21)7-5-12/h4-9,11,17H,2-3,10H2,1H3,(H,23,24,27). The van der Waals surface area contributed by atoms with Crippen LogP contribution in [0.3, 0.4) is 0 Å². The fourth-order valence-corrected chi connectivity index (χ4v) is 3.95. The molecule has 1 aliphatic heterocycles. The fourth-order valence-electron chi connectivity index (χ4n) is 3.52. The number of likely N-dealkylation sites (tertiary alicyclic amines) is 1. The van der Waals surface area contributed by atoms with Crippen molar-refractivity contribution in [2.45, 2.75) is 18.9 Å². The number of carbonyl (C=O) groups excluding carboxylic acids is 2. The van der Waals surface area contributed by atoms with E-state index in [0.29, 0.717) is 35.0 Å². The van der Waals surface area contributed by atoms with Crippen molar-refractivity contribution in [3.8, 4) is 0 Å². The first-order valence-corrected chi connectivity index (χ1v) is 10.1. The molecule has 2 amide bonds. The van der Waals surface area contributed by atoms with E-state index in [9.17, 15) is 9.59 Å². The normalized spacial score (nSPS) is 16.5. The zero-order chi connectivity index (χ0) is 19.8. The van der Waals surface area contributed by atoms with Gasteiger partial charge in [-0.25, -0.2) is 4.98 Å². The van der Waals surface area contributed by atoms with Crippen LogP contribution < -0.4 is 5.32 Å². The van der Waals surface area contributed by atoms with Crippen LogP contribution in [0.25, 0.3) is 11.0 Å². The summed E-state index contributed by atoms with van der Waals surface area (Å²) < 4.78 is 2.71. The van der Waals surface area contributed by atoms with Crippen molar-refractivity contribution in [1.82, 2.24) is 14.5 Å². The van der Waals surface area contributed by atoms with Crippen molar-refractivity contribution in [2.24, 2.45) is 7.05 Å². The summed E-state index contributed by atoms with van der Waals surface area (Å²) in [6.45, 7) is 0.561. The number of carbonyl (C=O) groups is 2. The van der Waals surface area contributed by atoms with E-state index in [1.807, 2.05) is 25.2 Å². The van der Waals surface area contributed by atoms with Gasteiger partial charge in [-0.15, -0.1) is 0 Å². The van der Waals surface area contributed by atoms with Gasteiger partial charge in [0.2, 0.25) is 11.9 Å². The Balaban J connectivity index is 1.55. The van der Waals surface area contributed by atoms with Gasteiger partial charge in [-0.3, -0.25) is 14.9 Å². The predicted octanol–water partition coefficient (Wildman–Crippen LogP) is 4.23. The van der Waals surface area contributed by atoms with Crippen molar-refractivity contribution in [1.29, 1.82) is 0 Å². The third kappa shape index (κ3) is 3.52. The lowest BCUT2D eigenvalue weighted by Gasteiger charge is -2.24. The van der Waals surface area contributed by atoms with Gasteiger partial charge in [0.25, 0.3) is 5.91 Å². The molecule has 6 nitrogen and oxygen atoms in total. The number of imidazole rings is 1. The van der Waals surface area contributed by atoms with E-state index in [1.165, 1.54) is 0 Å². The molecule has 144 valence electrons. The van der Waals surface area contributed by atoms with Crippen LogP contribution in [0.4, 0.5) is 5.95 Å². The summed E-state index contributed by atoms with van der Waals surface area (Å²) >= 11 is 9.40. The van der Waals surface area contributed by atoms with E-state index in [1.54, 1.807) is 33.7 Å². The average molecular weight is 462 g/mol. The maximum absolute atomic E-state index is 12.9. The van der Waals surface area contributed by atoms with Crippen LogP contribution >= 0.6 is 27.5 Å². The fraction of sp³-hybridized carbons (Fsp3) is 0.250. The molecule has 1 N–H and O–H groups in total. The number of aromatic nitrogens is 2. The number of nitrogens with zero attached hydrogens (tertiary/aromatic N) is 3. The molecule has 0 bridgehead atoms. The summed E-state index contributed by atoms with van der Waals surface area (Å²) in [5.74, 6) is 0.0691. The van der Waals surface area contributed by atoms with Crippen LogP contribution in [0.15, 0.2) is 46.9 Å². The largest absolute Gasteiger partial charge is 0.327 e. The van der Waals surface area contributed by atoms with Gasteiger partial charge >= 0.3 is 0 Å². The van der Waals surface area contributed by atoms with Crippen molar-refractivity contribution >= 4 is 56.3 Å². The van der Waals surface area contributed by atoms with Crippen molar-refractivity contribution in [3.63, 3.8) is 0 Å². The Kier molecular flexibility index (Phi) is 5.12. The molecule has 1 saturated heterocycles. The summed E-state index contributed by atoms with van der Waals surface area (Å²) in [4.78, 5) is 31.9. The minimum absolute atomic E-state index is 0.137. The predicted molar refractivity (Wildman–Crippen MR) is 113 cm³/mol. The minimum Gasteiger partial charge on any atom is -0.327 e. The Bertz CT molecular complexity index is 1060. The minimum atomic E-state index is -0.514. The Hall–Kier alpha value is -2.38. The lowest BCUT2D eigenvalue weighted by molar-refractivity contribution is -0.119. The van der Waals surface area contributed by atoms with Gasteiger partial charge < -0.3 is 9.47 Å². The Morgan fingerprint density at radius 3 is 2.71 bits per heavy atom. The molecule has 1 unspecified atom stereocenters. The lowest BCUT2D eigenvalue weighted by Crippen LogP contribution is -2.43. The second-order valence-corrected chi connectivity index (χ2v) is 8.13. The molecule has 28 heavy (non-hydrogen) atoms. The molecule has 1 atom stereocenters. The molecular weight excluding hydrogens is 444 g/mol. The van der Waals surface area contributed by atoms with E-state index in [-0.39, 0.29) is 11.8 Å². The number of hydrogen-bond acceptors (Lipinski definition) is 3. The quantitative estimate of drug-likeness (QED) is 0.635. The molecule has 1 aromatic heterocycles. The molecule has 0 saturated carbocycles. The summed E-state index contributed by atoms with van der Waals surface area (Å²) in [6, 6.07) is 12.0. The van der Waals surface area contributed by atoms with Gasteiger partial charge in [0, 0.05) is 28.7 Å². The molecule has 0 aliphatic carbocycles. The van der Waals surface area contributed by atoms with E-state index in [2.05, 4.69) is 26.2 Å². The Labute approximate surface area is 175 Å². The first-order valence-electron chi connectivity index (χ1n) is 8.93. The lowest BCUT2D eigenvalue weighted by atomic mass is 10.1. The summed E-state index contributed by atoms with van der Waals surface area (Å²) in [5.41, 5.74) is 2.15. The first-order chi connectivity index (χ1) is 13.4. The van der Waals surface area contributed by atoms with E-state index in [4.69, 9.17) is 11.6 Å². The van der Waals surface area contributed by atoms with Crippen LogP contribution in [0, 0.1) is 0 Å². The number of amides is 2. The van der Waals surface area contributed by atoms with Gasteiger partial charge in [-0.2, -0.15) is 0 Å². The Morgan fingerprint density at radius 1 is 1.21 bits per heavy atom. The van der Waals surface area contributed by atoms with Crippen molar-refractivity contribution in [3.05, 3.63) is 57.5 Å². The number of fused-ring (bicyclic) bond motifs is 1. The smallest absolute Gasteiger partial charge is 0.254 e. The van der Waals surface area contributed by atoms with Gasteiger partial charge in [0.05, 0.1) is 11.0 Å². The highest BCUT2D eigenvalue weighted by atomic mass is 79.9. The molecule has 0 spiro atoms. The number of rotatable bonds is 3. The Morgan fingerprint density at radius 2 is 1.96 bits per heavy atom. The van der Waals surface area contributed by atoms with Gasteiger partial charge in [-0.05, 0) is 55.3 Å². The van der Waals surface area contributed by atoms with Crippen LogP contribution in [0.2, 0.25) is 5.02 Å². The number of anilines is 1. The van der Waals surface area contributed by atoms with Crippen LogP contribution in [-0.2, 0) is 11.8 Å². The number of hydrogen-bond donors (Lipinski definition) is 1. The molecule has 1 fully saturated rings. The monoisotopic (exact) mass is 460 g/mol. The van der Waals surface area contributed by atoms with E-state index >= 15 is 0 Å². The van der Waals surface area contributed by atoms with Gasteiger partial charge in [-0.1, -0.05) is 27.5 Å². The second-order valence-electron chi connectivity index (χ2n) is 6.78. The molecular formula is C20H18BrClN4O2. The average Bonchev–Trinajstić information content (AvgIpc) is 3.27. The van der Waals surface area contributed by atoms with Crippen molar-refractivity contribution in [2.75, 3.05) is 11.9 Å². The van der Waals surface area contributed by atoms with Crippen LogP contribution in [0.1, 0.15) is 23.2 Å². The molecule has 0 radical (unpaired) electrons. The summed E-state index contributed by atoms with van der Waals surface area (Å²) in [6.07, 6.45) is 1.42. The first kappa shape index (κ1) is 19.0. The number of benzene rings is 2. The van der Waals surface area contributed by atoms with E-state index < -0.39 is 6.04 Å². The zero-order valence-corrected chi connectivity index (χ0v) is 17.5. The molecule has 3 aromatic rings. The third-order valence-electron chi connectivity index (χ3n) is 4.99. The summed E-state index contributed by atoms with van der Waals surface area (Å²) in [5, 5.41) is 3.46. The zero-order valence-electron chi connectivity index (χ0n) is 15.2. The number of nitrogens with one attached hydrogen (secondary N) is 1. The summed E-state index contributed by atoms with van der Waals surface area (Å²) in [7, 11) is 1.83. The molecule has 2 heterocycles. The van der Waals surface area contributed by atoms with Crippen LogP contribution in [-0.4, -0.2) is 38.9 Å². The van der Waals surface area contributed by atoms with E-state index in [0.717, 1.165) is 16.4 Å². The van der Waals surface area contributed by atoms with Crippen molar-refractivity contribution < 1.29 is 9.59 Å². The molecule has 1 aliphatic rings. The molecule has 4 rings (SSSR count). The molecule has 8 heteroatoms. The SMILES string of the molecule is Cn1c(NC(=O)C2CCCN2C(=O)c2ccc(Br)cc2)nc2cc(Cl)ccc21. The van der Waals surface area contributed by atoms with Gasteiger partial charge in [0.1, 0.15) is 6.04 Å². The van der Waals surface area contributed by atoms with Crippen LogP contribution in [0.5, 0.6) is 0 Å². The molecule has 2 aromatic carbocycles. The number of aryl methyl sites for hydroxylation is 1.